The molecule has 0 aromatic heterocycles. The maximum Gasteiger partial charge on any atom is 0.318 e. The van der Waals surface area contributed by atoms with E-state index in [1.807, 2.05) is 60.7 Å². The maximum atomic E-state index is 12.0. The molecule has 1 atom stereocenters. The normalized spacial score (nSPS) is 16.1. The smallest absolute Gasteiger partial charge is 0.318 e. The average Bonchev–Trinajstić information content (AvgIpc) is 3.09. The molecule has 0 saturated carbocycles. The summed E-state index contributed by atoms with van der Waals surface area (Å²) in [5.41, 5.74) is 2.47. The number of rotatable bonds is 5. The van der Waals surface area contributed by atoms with Crippen molar-refractivity contribution >= 4 is 22.7 Å². The first-order valence-electron chi connectivity index (χ1n) is 8.87. The van der Waals surface area contributed by atoms with Gasteiger partial charge in [0, 0.05) is 6.54 Å². The van der Waals surface area contributed by atoms with Crippen LogP contribution in [0.15, 0.2) is 66.7 Å². The summed E-state index contributed by atoms with van der Waals surface area (Å²) >= 11 is 0. The monoisotopic (exact) mass is 377 g/mol. The molecule has 3 aromatic rings. The molecule has 7 nitrogen and oxygen atoms in total. The zero-order valence-corrected chi connectivity index (χ0v) is 15.0. The fourth-order valence-corrected chi connectivity index (χ4v) is 3.20. The number of hydrogen-bond acceptors (Lipinski definition) is 4. The van der Waals surface area contributed by atoms with Crippen molar-refractivity contribution in [1.29, 1.82) is 0 Å². The number of hydrogen-bond donors (Lipinski definition) is 3. The molecule has 1 unspecified atom stereocenters. The Bertz CT molecular complexity index is 1020. The Morgan fingerprint density at radius 2 is 1.79 bits per heavy atom. The first kappa shape index (κ1) is 17.8. The van der Waals surface area contributed by atoms with Crippen molar-refractivity contribution in [2.75, 3.05) is 6.54 Å². The van der Waals surface area contributed by atoms with Crippen LogP contribution in [0.2, 0.25) is 0 Å². The minimum Gasteiger partial charge on any atom is -0.457 e. The van der Waals surface area contributed by atoms with Crippen molar-refractivity contribution in [2.45, 2.75) is 12.6 Å². The van der Waals surface area contributed by atoms with Gasteiger partial charge in [-0.1, -0.05) is 42.5 Å². The number of carbonyl (C=O) groups is 2. The highest BCUT2D eigenvalue weighted by atomic mass is 16.5. The summed E-state index contributed by atoms with van der Waals surface area (Å²) < 4.78 is 5.92. The third kappa shape index (κ3) is 3.74. The van der Waals surface area contributed by atoms with E-state index in [2.05, 4.69) is 11.4 Å². The fraction of sp³-hybridized carbons (Fsp3) is 0.143. The molecular formula is C21H19N3O4. The minimum absolute atomic E-state index is 0.195. The van der Waals surface area contributed by atoms with Gasteiger partial charge in [0.1, 0.15) is 17.5 Å². The molecule has 3 amide bonds. The summed E-state index contributed by atoms with van der Waals surface area (Å²) in [6, 6.07) is 20.4. The van der Waals surface area contributed by atoms with Gasteiger partial charge in [-0.3, -0.25) is 10.0 Å². The summed E-state index contributed by atoms with van der Waals surface area (Å²) in [6.07, 6.45) is 0. The predicted molar refractivity (Wildman–Crippen MR) is 103 cm³/mol. The molecule has 4 rings (SSSR count). The minimum atomic E-state index is -0.756. The highest BCUT2D eigenvalue weighted by Crippen LogP contribution is 2.26. The van der Waals surface area contributed by atoms with Crippen LogP contribution < -0.4 is 15.5 Å². The van der Waals surface area contributed by atoms with E-state index >= 15 is 0 Å². The lowest BCUT2D eigenvalue weighted by atomic mass is 10.1. The second-order valence-electron chi connectivity index (χ2n) is 6.61. The molecule has 0 spiro atoms. The van der Waals surface area contributed by atoms with Crippen LogP contribution in [0.1, 0.15) is 5.56 Å². The van der Waals surface area contributed by atoms with Gasteiger partial charge in [-0.05, 0) is 40.6 Å². The van der Waals surface area contributed by atoms with Crippen molar-refractivity contribution in [1.82, 2.24) is 15.7 Å². The number of amides is 3. The lowest BCUT2D eigenvalue weighted by Crippen LogP contribution is -2.41. The SMILES string of the molecule is O=C(NO)C1CN(Cc2ccc(Oc3ccc4ccccc4c3)cc2)C(=O)N1. The van der Waals surface area contributed by atoms with E-state index in [0.717, 1.165) is 22.1 Å². The number of hydroxylamine groups is 1. The van der Waals surface area contributed by atoms with Crippen LogP contribution in [0, 0.1) is 0 Å². The molecule has 1 aliphatic heterocycles. The molecule has 1 saturated heterocycles. The van der Waals surface area contributed by atoms with Crippen molar-refractivity contribution in [3.8, 4) is 11.5 Å². The lowest BCUT2D eigenvalue weighted by molar-refractivity contribution is -0.130. The van der Waals surface area contributed by atoms with Gasteiger partial charge in [0.2, 0.25) is 0 Å². The van der Waals surface area contributed by atoms with Crippen LogP contribution >= 0.6 is 0 Å². The molecule has 0 aliphatic carbocycles. The Morgan fingerprint density at radius 1 is 1.07 bits per heavy atom. The Labute approximate surface area is 161 Å². The van der Waals surface area contributed by atoms with Crippen LogP contribution in [0.3, 0.4) is 0 Å². The van der Waals surface area contributed by atoms with E-state index in [-0.39, 0.29) is 12.6 Å². The predicted octanol–water partition coefficient (Wildman–Crippen LogP) is 3.03. The molecule has 1 aliphatic rings. The molecule has 1 heterocycles. The van der Waals surface area contributed by atoms with Gasteiger partial charge in [0.25, 0.3) is 5.91 Å². The zero-order valence-electron chi connectivity index (χ0n) is 15.0. The first-order chi connectivity index (χ1) is 13.6. The van der Waals surface area contributed by atoms with Crippen LogP contribution in [0.4, 0.5) is 4.79 Å². The maximum absolute atomic E-state index is 12.0. The van der Waals surface area contributed by atoms with Crippen LogP contribution in [-0.4, -0.2) is 34.6 Å². The molecule has 142 valence electrons. The third-order valence-electron chi connectivity index (χ3n) is 4.67. The van der Waals surface area contributed by atoms with E-state index in [9.17, 15) is 9.59 Å². The topological polar surface area (TPSA) is 90.9 Å². The van der Waals surface area contributed by atoms with Gasteiger partial charge in [-0.2, -0.15) is 0 Å². The Morgan fingerprint density at radius 3 is 2.54 bits per heavy atom. The van der Waals surface area contributed by atoms with E-state index in [4.69, 9.17) is 9.94 Å². The Balaban J connectivity index is 1.41. The van der Waals surface area contributed by atoms with Gasteiger partial charge < -0.3 is 15.0 Å². The second-order valence-corrected chi connectivity index (χ2v) is 6.61. The molecule has 0 radical (unpaired) electrons. The number of carbonyl (C=O) groups excluding carboxylic acids is 2. The Hall–Kier alpha value is -3.58. The number of fused-ring (bicyclic) bond motifs is 1. The van der Waals surface area contributed by atoms with Crippen molar-refractivity contribution in [2.24, 2.45) is 0 Å². The van der Waals surface area contributed by atoms with Crippen molar-refractivity contribution in [3.05, 3.63) is 72.3 Å². The number of benzene rings is 3. The number of nitrogens with zero attached hydrogens (tertiary/aromatic N) is 1. The number of nitrogens with one attached hydrogen (secondary N) is 2. The van der Waals surface area contributed by atoms with Crippen LogP contribution in [0.5, 0.6) is 11.5 Å². The van der Waals surface area contributed by atoms with E-state index in [1.54, 1.807) is 5.48 Å². The lowest BCUT2D eigenvalue weighted by Gasteiger charge is -2.15. The first-order valence-corrected chi connectivity index (χ1v) is 8.87. The van der Waals surface area contributed by atoms with Gasteiger partial charge in [-0.25, -0.2) is 10.3 Å². The molecule has 7 heteroatoms. The Kier molecular flexibility index (Phi) is 4.82. The summed E-state index contributed by atoms with van der Waals surface area (Å²) in [6.45, 7) is 0.553. The molecule has 28 heavy (non-hydrogen) atoms. The highest BCUT2D eigenvalue weighted by molar-refractivity contribution is 5.89. The molecule has 1 fully saturated rings. The van der Waals surface area contributed by atoms with Crippen molar-refractivity contribution < 1.29 is 19.5 Å². The third-order valence-corrected chi connectivity index (χ3v) is 4.67. The van der Waals surface area contributed by atoms with Crippen molar-refractivity contribution in [3.63, 3.8) is 0 Å². The summed E-state index contributed by atoms with van der Waals surface area (Å²) in [5, 5.41) is 13.5. The number of ether oxygens (including phenoxy) is 1. The van der Waals surface area contributed by atoms with Gasteiger partial charge in [0.15, 0.2) is 0 Å². The molecular weight excluding hydrogens is 358 g/mol. The van der Waals surface area contributed by atoms with E-state index in [1.165, 1.54) is 4.90 Å². The molecule has 0 bridgehead atoms. The van der Waals surface area contributed by atoms with Crippen LogP contribution in [0.25, 0.3) is 10.8 Å². The quantitative estimate of drug-likeness (QED) is 0.471. The zero-order chi connectivity index (χ0) is 19.5. The van der Waals surface area contributed by atoms with Gasteiger partial charge in [-0.15, -0.1) is 0 Å². The van der Waals surface area contributed by atoms with E-state index in [0.29, 0.717) is 12.3 Å². The average molecular weight is 377 g/mol. The summed E-state index contributed by atoms with van der Waals surface area (Å²) in [5.74, 6) is 0.820. The standard InChI is InChI=1S/C21H19N3O4/c25-20(23-27)19-13-24(21(26)22-19)12-14-5-8-17(9-6-14)28-18-10-7-15-3-1-2-4-16(15)11-18/h1-11,19,27H,12-13H2,(H,22,26)(H,23,25). The fourth-order valence-electron chi connectivity index (χ4n) is 3.20. The molecule has 3 aromatic carbocycles. The molecule has 3 N–H and O–H groups in total. The van der Waals surface area contributed by atoms with Crippen LogP contribution in [-0.2, 0) is 11.3 Å². The van der Waals surface area contributed by atoms with E-state index < -0.39 is 11.9 Å². The van der Waals surface area contributed by atoms with Gasteiger partial charge in [0.05, 0.1) is 6.54 Å². The van der Waals surface area contributed by atoms with Gasteiger partial charge >= 0.3 is 6.03 Å². The summed E-state index contributed by atoms with van der Waals surface area (Å²) in [7, 11) is 0. The largest absolute Gasteiger partial charge is 0.457 e. The second kappa shape index (κ2) is 7.58. The highest BCUT2D eigenvalue weighted by Gasteiger charge is 2.33. The summed E-state index contributed by atoms with van der Waals surface area (Å²) in [4.78, 5) is 24.9. The number of urea groups is 1.